The van der Waals surface area contributed by atoms with Gasteiger partial charge < -0.3 is 20.5 Å². The number of urea groups is 1. The van der Waals surface area contributed by atoms with Gasteiger partial charge in [0.25, 0.3) is 0 Å². The average Bonchev–Trinajstić information content (AvgIpc) is 2.33. The van der Waals surface area contributed by atoms with Gasteiger partial charge >= 0.3 is 18.0 Å². The Morgan fingerprint density at radius 2 is 1.75 bits per heavy atom. The molecule has 0 aliphatic heterocycles. The molecule has 0 fully saturated rings. The zero-order valence-corrected chi connectivity index (χ0v) is 12.4. The minimum absolute atomic E-state index is 0.0200. The molecule has 0 aromatic rings. The topological polar surface area (TPSA) is 105 Å². The van der Waals surface area contributed by atoms with Crippen LogP contribution in [0, 0.1) is 5.92 Å². The van der Waals surface area contributed by atoms with Crippen LogP contribution < -0.4 is 10.6 Å². The molecule has 0 aliphatic carbocycles. The van der Waals surface area contributed by atoms with Gasteiger partial charge in [-0.05, 0) is 25.7 Å². The summed E-state index contributed by atoms with van der Waals surface area (Å²) in [7, 11) is 1.27. The van der Waals surface area contributed by atoms with E-state index < -0.39 is 24.0 Å². The summed E-state index contributed by atoms with van der Waals surface area (Å²) in [6.45, 7) is 5.58. The average molecular weight is 288 g/mol. The fourth-order valence-electron chi connectivity index (χ4n) is 1.66. The Hall–Kier alpha value is -1.79. The lowest BCUT2D eigenvalue weighted by Crippen LogP contribution is -2.49. The Morgan fingerprint density at radius 3 is 2.20 bits per heavy atom. The molecule has 0 aliphatic rings. The molecule has 7 nitrogen and oxygen atoms in total. The van der Waals surface area contributed by atoms with Crippen LogP contribution >= 0.6 is 0 Å². The fraction of sp³-hybridized carbons (Fsp3) is 0.769. The van der Waals surface area contributed by atoms with Crippen LogP contribution in [-0.2, 0) is 14.3 Å². The first-order valence-electron chi connectivity index (χ1n) is 6.62. The lowest BCUT2D eigenvalue weighted by molar-refractivity contribution is -0.143. The predicted octanol–water partition coefficient (Wildman–Crippen LogP) is 1.13. The van der Waals surface area contributed by atoms with Crippen LogP contribution in [0.3, 0.4) is 0 Å². The number of carbonyl (C=O) groups is 3. The number of carboxylic acids is 1. The number of rotatable bonds is 8. The van der Waals surface area contributed by atoms with Crippen molar-refractivity contribution in [1.29, 1.82) is 0 Å². The van der Waals surface area contributed by atoms with Crippen LogP contribution in [0.5, 0.6) is 0 Å². The summed E-state index contributed by atoms with van der Waals surface area (Å²) in [5, 5.41) is 13.7. The molecule has 2 amide bonds. The molecule has 0 saturated heterocycles. The van der Waals surface area contributed by atoms with E-state index in [0.29, 0.717) is 12.8 Å². The quantitative estimate of drug-likeness (QED) is 0.581. The molecule has 0 radical (unpaired) electrons. The molecule has 0 spiro atoms. The fourth-order valence-corrected chi connectivity index (χ4v) is 1.66. The molecular formula is C13H24N2O5. The van der Waals surface area contributed by atoms with E-state index in [1.165, 1.54) is 7.11 Å². The van der Waals surface area contributed by atoms with E-state index in [0.717, 1.165) is 0 Å². The summed E-state index contributed by atoms with van der Waals surface area (Å²) in [5.41, 5.74) is 0. The van der Waals surface area contributed by atoms with Crippen LogP contribution in [0.15, 0.2) is 0 Å². The highest BCUT2D eigenvalue weighted by Crippen LogP contribution is 2.06. The number of carbonyl (C=O) groups excluding carboxylic acids is 2. The smallest absolute Gasteiger partial charge is 0.328 e. The Morgan fingerprint density at radius 1 is 1.15 bits per heavy atom. The standard InChI is InChI=1S/C13H24N2O5/c1-8(2)7-10(12(18)20-4)15-13(19)14-9(3)5-6-11(16)17/h8-10H,5-7H2,1-4H3,(H,16,17)(H2,14,15,19). The molecule has 3 N–H and O–H groups in total. The van der Waals surface area contributed by atoms with E-state index >= 15 is 0 Å². The SMILES string of the molecule is COC(=O)C(CC(C)C)NC(=O)NC(C)CCC(=O)O. The van der Waals surface area contributed by atoms with Crippen molar-refractivity contribution >= 4 is 18.0 Å². The molecule has 0 heterocycles. The highest BCUT2D eigenvalue weighted by Gasteiger charge is 2.23. The lowest BCUT2D eigenvalue weighted by Gasteiger charge is -2.20. The van der Waals surface area contributed by atoms with E-state index in [2.05, 4.69) is 15.4 Å². The summed E-state index contributed by atoms with van der Waals surface area (Å²) < 4.78 is 4.64. The van der Waals surface area contributed by atoms with E-state index in [1.807, 2.05) is 13.8 Å². The largest absolute Gasteiger partial charge is 0.481 e. The van der Waals surface area contributed by atoms with Crippen LogP contribution in [0.1, 0.15) is 40.0 Å². The molecule has 2 atom stereocenters. The van der Waals surface area contributed by atoms with Gasteiger partial charge in [-0.25, -0.2) is 9.59 Å². The third kappa shape index (κ3) is 8.34. The normalized spacial score (nSPS) is 13.4. The molecule has 20 heavy (non-hydrogen) atoms. The van der Waals surface area contributed by atoms with Crippen LogP contribution in [0.25, 0.3) is 0 Å². The molecule has 0 bridgehead atoms. The Balaban J connectivity index is 4.31. The zero-order valence-electron chi connectivity index (χ0n) is 12.4. The van der Waals surface area contributed by atoms with Gasteiger partial charge in [-0.15, -0.1) is 0 Å². The summed E-state index contributed by atoms with van der Waals surface area (Å²) in [5.74, 6) is -1.18. The molecule has 0 aromatic carbocycles. The first-order chi connectivity index (χ1) is 9.26. The Labute approximate surface area is 119 Å². The van der Waals surface area contributed by atoms with Gasteiger partial charge in [-0.1, -0.05) is 13.8 Å². The second-order valence-corrected chi connectivity index (χ2v) is 5.16. The van der Waals surface area contributed by atoms with Gasteiger partial charge in [0, 0.05) is 12.5 Å². The maximum atomic E-state index is 11.7. The highest BCUT2D eigenvalue weighted by molar-refractivity contribution is 5.83. The van der Waals surface area contributed by atoms with Gasteiger partial charge in [0.05, 0.1) is 7.11 Å². The van der Waals surface area contributed by atoms with Crippen molar-refractivity contribution in [2.75, 3.05) is 7.11 Å². The molecule has 0 saturated carbocycles. The molecule has 0 rings (SSSR count). The zero-order chi connectivity index (χ0) is 15.7. The summed E-state index contributed by atoms with van der Waals surface area (Å²) in [4.78, 5) is 33.7. The number of nitrogens with one attached hydrogen (secondary N) is 2. The Kier molecular flexibility index (Phi) is 8.35. The van der Waals surface area contributed by atoms with Gasteiger partial charge in [0.15, 0.2) is 0 Å². The summed E-state index contributed by atoms with van der Waals surface area (Å²) >= 11 is 0. The number of esters is 1. The minimum atomic E-state index is -0.911. The number of hydrogen-bond donors (Lipinski definition) is 3. The van der Waals surface area contributed by atoms with Crippen molar-refractivity contribution in [1.82, 2.24) is 10.6 Å². The van der Waals surface area contributed by atoms with Crippen molar-refractivity contribution in [2.24, 2.45) is 5.92 Å². The van der Waals surface area contributed by atoms with Crippen molar-refractivity contribution < 1.29 is 24.2 Å². The van der Waals surface area contributed by atoms with E-state index in [-0.39, 0.29) is 18.4 Å². The van der Waals surface area contributed by atoms with E-state index in [9.17, 15) is 14.4 Å². The maximum absolute atomic E-state index is 11.7. The molecular weight excluding hydrogens is 264 g/mol. The number of aliphatic carboxylic acids is 1. The van der Waals surface area contributed by atoms with Gasteiger partial charge in [-0.3, -0.25) is 4.79 Å². The number of hydrogen-bond acceptors (Lipinski definition) is 4. The van der Waals surface area contributed by atoms with Crippen molar-refractivity contribution in [3.63, 3.8) is 0 Å². The third-order valence-electron chi connectivity index (χ3n) is 2.67. The number of amides is 2. The lowest BCUT2D eigenvalue weighted by atomic mass is 10.0. The van der Waals surface area contributed by atoms with Crippen LogP contribution in [0.4, 0.5) is 4.79 Å². The molecule has 0 aromatic heterocycles. The Bertz CT molecular complexity index is 344. The van der Waals surface area contributed by atoms with E-state index in [1.54, 1.807) is 6.92 Å². The van der Waals surface area contributed by atoms with Gasteiger partial charge in [0.2, 0.25) is 0 Å². The van der Waals surface area contributed by atoms with Crippen molar-refractivity contribution in [3.8, 4) is 0 Å². The van der Waals surface area contributed by atoms with Gasteiger partial charge in [-0.2, -0.15) is 0 Å². The molecule has 116 valence electrons. The summed E-state index contributed by atoms with van der Waals surface area (Å²) in [6, 6.07) is -1.49. The first-order valence-corrected chi connectivity index (χ1v) is 6.62. The van der Waals surface area contributed by atoms with Crippen LogP contribution in [-0.4, -0.2) is 42.3 Å². The molecule has 7 heteroatoms. The monoisotopic (exact) mass is 288 g/mol. The molecule has 2 unspecified atom stereocenters. The number of ether oxygens (including phenoxy) is 1. The highest BCUT2D eigenvalue weighted by atomic mass is 16.5. The van der Waals surface area contributed by atoms with Crippen molar-refractivity contribution in [2.45, 2.75) is 52.1 Å². The second kappa shape index (κ2) is 9.17. The minimum Gasteiger partial charge on any atom is -0.481 e. The first kappa shape index (κ1) is 18.2. The maximum Gasteiger partial charge on any atom is 0.328 e. The van der Waals surface area contributed by atoms with Crippen molar-refractivity contribution in [3.05, 3.63) is 0 Å². The third-order valence-corrected chi connectivity index (χ3v) is 2.67. The number of methoxy groups -OCH3 is 1. The number of carboxylic acid groups (broad SMARTS) is 1. The van der Waals surface area contributed by atoms with Gasteiger partial charge in [0.1, 0.15) is 6.04 Å². The summed E-state index contributed by atoms with van der Waals surface area (Å²) in [6.07, 6.45) is 0.785. The predicted molar refractivity (Wildman–Crippen MR) is 73.3 cm³/mol. The van der Waals surface area contributed by atoms with Crippen LogP contribution in [0.2, 0.25) is 0 Å². The van der Waals surface area contributed by atoms with E-state index in [4.69, 9.17) is 5.11 Å². The second-order valence-electron chi connectivity index (χ2n) is 5.16.